The maximum Gasteiger partial charge on any atom is 0.331 e. The van der Waals surface area contributed by atoms with Crippen molar-refractivity contribution in [2.45, 2.75) is 32.3 Å². The molecular formula is C23H25NO5. The number of benzene rings is 2. The molecule has 0 saturated carbocycles. The van der Waals surface area contributed by atoms with Crippen molar-refractivity contribution in [2.24, 2.45) is 0 Å². The van der Waals surface area contributed by atoms with E-state index >= 15 is 0 Å². The molecule has 0 bridgehead atoms. The number of aryl methyl sites for hydroxylation is 2. The number of anilines is 1. The summed E-state index contributed by atoms with van der Waals surface area (Å²) in [6.07, 6.45) is 5.20. The van der Waals surface area contributed by atoms with Gasteiger partial charge in [0.15, 0.2) is 6.10 Å². The molecule has 2 aromatic carbocycles. The zero-order chi connectivity index (χ0) is 20.8. The van der Waals surface area contributed by atoms with E-state index in [0.717, 1.165) is 24.9 Å². The summed E-state index contributed by atoms with van der Waals surface area (Å²) in [7, 11) is 3.11. The average molecular weight is 395 g/mol. The topological polar surface area (TPSA) is 73.9 Å². The fraction of sp³-hybridized carbons (Fsp3) is 0.304. The van der Waals surface area contributed by atoms with Crippen LogP contribution in [0.4, 0.5) is 5.69 Å². The van der Waals surface area contributed by atoms with Crippen molar-refractivity contribution >= 4 is 23.6 Å². The largest absolute Gasteiger partial charge is 0.497 e. The molecule has 0 aromatic heterocycles. The molecule has 1 amide bonds. The number of hydrogen-bond donors (Lipinski definition) is 1. The smallest absolute Gasteiger partial charge is 0.331 e. The second-order valence-electron chi connectivity index (χ2n) is 6.88. The molecule has 0 fully saturated rings. The van der Waals surface area contributed by atoms with Crippen molar-refractivity contribution < 1.29 is 23.8 Å². The Morgan fingerprint density at radius 3 is 2.38 bits per heavy atom. The number of amides is 1. The van der Waals surface area contributed by atoms with Crippen molar-refractivity contribution in [3.05, 3.63) is 59.2 Å². The number of carbonyl (C=O) groups is 2. The summed E-state index contributed by atoms with van der Waals surface area (Å²) >= 11 is 0. The predicted octanol–water partition coefficient (Wildman–Crippen LogP) is 3.78. The van der Waals surface area contributed by atoms with Crippen LogP contribution >= 0.6 is 0 Å². The first kappa shape index (κ1) is 20.5. The van der Waals surface area contributed by atoms with Crippen LogP contribution < -0.4 is 14.8 Å². The lowest BCUT2D eigenvalue weighted by molar-refractivity contribution is -0.148. The summed E-state index contributed by atoms with van der Waals surface area (Å²) in [6.45, 7) is 1.54. The first-order valence-electron chi connectivity index (χ1n) is 9.53. The number of fused-ring (bicyclic) bond motifs is 1. The first-order valence-corrected chi connectivity index (χ1v) is 9.53. The number of hydrogen-bond acceptors (Lipinski definition) is 5. The molecule has 6 heteroatoms. The van der Waals surface area contributed by atoms with Crippen molar-refractivity contribution in [1.82, 2.24) is 0 Å². The highest BCUT2D eigenvalue weighted by molar-refractivity contribution is 5.96. The maximum atomic E-state index is 12.3. The van der Waals surface area contributed by atoms with Crippen molar-refractivity contribution in [2.75, 3.05) is 19.5 Å². The van der Waals surface area contributed by atoms with E-state index in [1.54, 1.807) is 45.4 Å². The van der Waals surface area contributed by atoms with Gasteiger partial charge in [0.2, 0.25) is 0 Å². The fourth-order valence-electron chi connectivity index (χ4n) is 3.25. The third-order valence-corrected chi connectivity index (χ3v) is 4.81. The molecule has 0 saturated heterocycles. The Hall–Kier alpha value is -3.28. The van der Waals surface area contributed by atoms with Crippen LogP contribution in [0.5, 0.6) is 11.5 Å². The molecule has 1 atom stereocenters. The molecule has 1 aliphatic carbocycles. The minimum atomic E-state index is -0.916. The summed E-state index contributed by atoms with van der Waals surface area (Å²) in [5.41, 5.74) is 4.04. The summed E-state index contributed by atoms with van der Waals surface area (Å²) < 4.78 is 15.6. The number of esters is 1. The first-order chi connectivity index (χ1) is 14.0. The third-order valence-electron chi connectivity index (χ3n) is 4.81. The lowest BCUT2D eigenvalue weighted by Gasteiger charge is -2.13. The molecule has 2 aromatic rings. The Bertz CT molecular complexity index is 913. The maximum absolute atomic E-state index is 12.3. The Morgan fingerprint density at radius 1 is 1.00 bits per heavy atom. The Morgan fingerprint density at radius 2 is 1.69 bits per heavy atom. The van der Waals surface area contributed by atoms with Crippen LogP contribution in [0, 0.1) is 0 Å². The van der Waals surface area contributed by atoms with Gasteiger partial charge in [0.25, 0.3) is 5.91 Å². The van der Waals surface area contributed by atoms with Gasteiger partial charge in [-0.25, -0.2) is 4.79 Å². The van der Waals surface area contributed by atoms with E-state index < -0.39 is 12.1 Å². The highest BCUT2D eigenvalue weighted by Crippen LogP contribution is 2.25. The van der Waals surface area contributed by atoms with Gasteiger partial charge < -0.3 is 19.5 Å². The van der Waals surface area contributed by atoms with E-state index in [0.29, 0.717) is 17.1 Å². The van der Waals surface area contributed by atoms with E-state index in [4.69, 9.17) is 14.2 Å². The van der Waals surface area contributed by atoms with Gasteiger partial charge in [0.05, 0.1) is 14.2 Å². The number of ether oxygens (including phenoxy) is 3. The molecule has 0 spiro atoms. The van der Waals surface area contributed by atoms with E-state index in [9.17, 15) is 9.59 Å². The number of nitrogens with one attached hydrogen (secondary N) is 1. The molecule has 0 heterocycles. The Labute approximate surface area is 170 Å². The second-order valence-corrected chi connectivity index (χ2v) is 6.88. The van der Waals surface area contributed by atoms with Crippen LogP contribution in [0.1, 0.15) is 30.0 Å². The van der Waals surface area contributed by atoms with Crippen molar-refractivity contribution in [3.8, 4) is 11.5 Å². The SMILES string of the molecule is COc1cc(/C=C/C(=O)O[C@@H](C)C(=O)Nc2ccc3c(c2)CCC3)cc(OC)c1. The number of methoxy groups -OCH3 is 2. The molecule has 0 radical (unpaired) electrons. The number of carbonyl (C=O) groups excluding carboxylic acids is 2. The van der Waals surface area contributed by atoms with Gasteiger partial charge in [-0.1, -0.05) is 6.07 Å². The van der Waals surface area contributed by atoms with Gasteiger partial charge in [-0.3, -0.25) is 4.79 Å². The minimum absolute atomic E-state index is 0.368. The lowest BCUT2D eigenvalue weighted by atomic mass is 10.1. The zero-order valence-corrected chi connectivity index (χ0v) is 16.9. The van der Waals surface area contributed by atoms with Crippen LogP contribution in [-0.4, -0.2) is 32.2 Å². The normalized spacial score (nSPS) is 13.6. The second kappa shape index (κ2) is 9.28. The zero-order valence-electron chi connectivity index (χ0n) is 16.9. The van der Waals surface area contributed by atoms with Crippen LogP contribution in [-0.2, 0) is 27.2 Å². The minimum Gasteiger partial charge on any atom is -0.497 e. The van der Waals surface area contributed by atoms with Crippen LogP contribution in [0.25, 0.3) is 6.08 Å². The van der Waals surface area contributed by atoms with E-state index in [1.165, 1.54) is 17.2 Å². The molecule has 6 nitrogen and oxygen atoms in total. The standard InChI is InChI=1S/C23H25NO5/c1-15(23(26)24-19-9-8-17-5-4-6-18(17)13-19)29-22(25)10-7-16-11-20(27-2)14-21(12-16)28-3/h7-15H,4-6H2,1-3H3,(H,24,26)/b10-7+/t15-/m0/s1. The summed E-state index contributed by atoms with van der Waals surface area (Å²) in [5.74, 6) is 0.245. The van der Waals surface area contributed by atoms with E-state index in [1.807, 2.05) is 18.2 Å². The lowest BCUT2D eigenvalue weighted by Crippen LogP contribution is -2.29. The molecule has 29 heavy (non-hydrogen) atoms. The highest BCUT2D eigenvalue weighted by Gasteiger charge is 2.18. The van der Waals surface area contributed by atoms with Crippen molar-refractivity contribution in [1.29, 1.82) is 0 Å². The van der Waals surface area contributed by atoms with Gasteiger partial charge >= 0.3 is 5.97 Å². The van der Waals surface area contributed by atoms with Gasteiger partial charge in [-0.05, 0) is 73.2 Å². The van der Waals surface area contributed by atoms with E-state index in [-0.39, 0.29) is 5.91 Å². The molecule has 1 aliphatic rings. The molecule has 152 valence electrons. The molecule has 0 unspecified atom stereocenters. The molecule has 3 rings (SSSR count). The fourth-order valence-corrected chi connectivity index (χ4v) is 3.25. The monoisotopic (exact) mass is 395 g/mol. The van der Waals surface area contributed by atoms with Crippen LogP contribution in [0.15, 0.2) is 42.5 Å². The third kappa shape index (κ3) is 5.38. The quantitative estimate of drug-likeness (QED) is 0.571. The van der Waals surface area contributed by atoms with Gasteiger partial charge in [0, 0.05) is 17.8 Å². The van der Waals surface area contributed by atoms with Gasteiger partial charge in [-0.2, -0.15) is 0 Å². The number of rotatable bonds is 7. The Balaban J connectivity index is 1.57. The summed E-state index contributed by atoms with van der Waals surface area (Å²) in [6, 6.07) is 11.2. The van der Waals surface area contributed by atoms with E-state index in [2.05, 4.69) is 5.32 Å². The summed E-state index contributed by atoms with van der Waals surface area (Å²) in [4.78, 5) is 24.4. The molecule has 1 N–H and O–H groups in total. The van der Waals surface area contributed by atoms with Gasteiger partial charge in [-0.15, -0.1) is 0 Å². The summed E-state index contributed by atoms with van der Waals surface area (Å²) in [5, 5.41) is 2.81. The van der Waals surface area contributed by atoms with Crippen molar-refractivity contribution in [3.63, 3.8) is 0 Å². The van der Waals surface area contributed by atoms with Crippen LogP contribution in [0.3, 0.4) is 0 Å². The predicted molar refractivity (Wildman–Crippen MR) is 111 cm³/mol. The highest BCUT2D eigenvalue weighted by atomic mass is 16.5. The average Bonchev–Trinajstić information content (AvgIpc) is 3.19. The molecule has 0 aliphatic heterocycles. The molecular weight excluding hydrogens is 370 g/mol. The van der Waals surface area contributed by atoms with Crippen LogP contribution in [0.2, 0.25) is 0 Å². The van der Waals surface area contributed by atoms with Gasteiger partial charge in [0.1, 0.15) is 11.5 Å². The Kier molecular flexibility index (Phi) is 6.54.